The number of rotatable bonds is 8. The van der Waals surface area contributed by atoms with E-state index in [1.165, 1.54) is 13.0 Å². The Morgan fingerprint density at radius 3 is 2.30 bits per heavy atom. The van der Waals surface area contributed by atoms with Gasteiger partial charge in [0.2, 0.25) is 0 Å². The topological polar surface area (TPSA) is 66.2 Å². The maximum absolute atomic E-state index is 14.2. The second kappa shape index (κ2) is 13.6. The van der Waals surface area contributed by atoms with Crippen molar-refractivity contribution in [2.24, 2.45) is 5.92 Å². The minimum absolute atomic E-state index is 0.0825. The van der Waals surface area contributed by atoms with Gasteiger partial charge < -0.3 is 9.47 Å². The van der Waals surface area contributed by atoms with E-state index in [4.69, 9.17) is 9.47 Å². The Balaban J connectivity index is 1.38. The van der Waals surface area contributed by atoms with Crippen molar-refractivity contribution in [2.45, 2.75) is 64.4 Å². The van der Waals surface area contributed by atoms with Crippen LogP contribution in [0.2, 0.25) is 0 Å². The molecule has 244 valence electrons. The molecule has 0 bridgehead atoms. The molecular formula is C33H30F6IN3O3. The van der Waals surface area contributed by atoms with Crippen LogP contribution in [0, 0.1) is 16.4 Å². The third-order valence-corrected chi connectivity index (χ3v) is 8.60. The van der Waals surface area contributed by atoms with Crippen LogP contribution >= 0.6 is 22.6 Å². The second-order valence-corrected chi connectivity index (χ2v) is 12.4. The van der Waals surface area contributed by atoms with Crippen LogP contribution in [0.25, 0.3) is 17.1 Å². The number of carbonyl (C=O) groups is 1. The predicted molar refractivity (Wildman–Crippen MR) is 167 cm³/mol. The maximum atomic E-state index is 14.2. The largest absolute Gasteiger partial charge is 0.488 e. The number of esters is 1. The molecule has 46 heavy (non-hydrogen) atoms. The van der Waals surface area contributed by atoms with Crippen LogP contribution in [0.15, 0.2) is 60.8 Å². The van der Waals surface area contributed by atoms with Gasteiger partial charge in [-0.2, -0.15) is 31.4 Å². The zero-order valence-electron chi connectivity index (χ0n) is 24.9. The van der Waals surface area contributed by atoms with Gasteiger partial charge in [0, 0.05) is 9.13 Å². The highest BCUT2D eigenvalue weighted by molar-refractivity contribution is 14.1. The van der Waals surface area contributed by atoms with Gasteiger partial charge in [-0.3, -0.25) is 0 Å². The summed E-state index contributed by atoms with van der Waals surface area (Å²) in [5.74, 6) is -1.98. The van der Waals surface area contributed by atoms with Crippen LogP contribution < -0.4 is 4.74 Å². The van der Waals surface area contributed by atoms with Crippen LogP contribution in [0.4, 0.5) is 26.3 Å². The Bertz CT molecular complexity index is 1690. The van der Waals surface area contributed by atoms with Crippen molar-refractivity contribution >= 4 is 28.6 Å². The third kappa shape index (κ3) is 7.67. The zero-order valence-corrected chi connectivity index (χ0v) is 27.0. The average Bonchev–Trinajstić information content (AvgIpc) is 3.47. The fourth-order valence-electron chi connectivity index (χ4n) is 5.65. The SMILES string of the molecule is CCOC(=O)c1cnn(-c2cc(I)cc(-c3cc(C)ccc3OCc3ccc([C@H]4CC[C@H](C(F)(F)F)CC4)cc3)n2)c1C(F)(F)F. The quantitative estimate of drug-likeness (QED) is 0.102. The van der Waals surface area contributed by atoms with Crippen molar-refractivity contribution in [3.8, 4) is 22.8 Å². The fraction of sp³-hybridized carbons (Fsp3) is 0.364. The molecule has 0 spiro atoms. The van der Waals surface area contributed by atoms with Crippen LogP contribution in [0.1, 0.15) is 71.3 Å². The first-order valence-corrected chi connectivity index (χ1v) is 15.7. The van der Waals surface area contributed by atoms with Gasteiger partial charge in [-0.15, -0.1) is 0 Å². The summed E-state index contributed by atoms with van der Waals surface area (Å²) in [5, 5.41) is 3.85. The summed E-state index contributed by atoms with van der Waals surface area (Å²) >= 11 is 1.98. The van der Waals surface area contributed by atoms with Crippen molar-refractivity contribution in [1.29, 1.82) is 0 Å². The number of ether oxygens (including phenoxy) is 2. The molecule has 0 N–H and O–H groups in total. The molecule has 0 aliphatic heterocycles. The Morgan fingerprint density at radius 1 is 0.978 bits per heavy atom. The number of aromatic nitrogens is 3. The van der Waals surface area contributed by atoms with Gasteiger partial charge in [-0.25, -0.2) is 14.5 Å². The number of aryl methyl sites for hydroxylation is 1. The number of benzene rings is 2. The Labute approximate surface area is 275 Å². The van der Waals surface area contributed by atoms with E-state index in [0.717, 1.165) is 22.9 Å². The molecule has 6 nitrogen and oxygen atoms in total. The molecule has 2 aromatic carbocycles. The molecule has 0 amide bonds. The molecule has 2 aromatic heterocycles. The second-order valence-electron chi connectivity index (χ2n) is 11.2. The predicted octanol–water partition coefficient (Wildman–Crippen LogP) is 9.46. The standard InChI is InChI=1S/C33H30F6IN3O3/c1-3-45-31(44)26-17-41-43(30(26)33(37,38)39)29-16-24(40)15-27(42-29)25-14-19(2)4-13-28(25)46-18-20-5-7-21(8-6-20)22-9-11-23(12-10-22)32(34,35)36/h4-8,13-17,22-23H,3,9-12,18H2,1-2H3/t22-,23-. The smallest absolute Gasteiger partial charge is 0.434 e. The van der Waals surface area contributed by atoms with E-state index in [1.807, 2.05) is 65.9 Å². The van der Waals surface area contributed by atoms with E-state index in [9.17, 15) is 31.1 Å². The molecule has 5 rings (SSSR count). The lowest BCUT2D eigenvalue weighted by atomic mass is 9.78. The summed E-state index contributed by atoms with van der Waals surface area (Å²) in [7, 11) is 0. The molecule has 0 unspecified atom stereocenters. The van der Waals surface area contributed by atoms with Crippen LogP contribution in [-0.2, 0) is 17.5 Å². The van der Waals surface area contributed by atoms with Gasteiger partial charge >= 0.3 is 18.3 Å². The zero-order chi connectivity index (χ0) is 33.2. The molecule has 0 radical (unpaired) electrons. The van der Waals surface area contributed by atoms with Gasteiger partial charge in [-0.05, 0) is 103 Å². The van der Waals surface area contributed by atoms with E-state index in [1.54, 1.807) is 12.1 Å². The number of alkyl halides is 6. The average molecular weight is 758 g/mol. The van der Waals surface area contributed by atoms with Gasteiger partial charge in [0.05, 0.1) is 24.4 Å². The van der Waals surface area contributed by atoms with Gasteiger partial charge in [-0.1, -0.05) is 35.9 Å². The van der Waals surface area contributed by atoms with E-state index in [-0.39, 0.29) is 37.8 Å². The lowest BCUT2D eigenvalue weighted by molar-refractivity contribution is -0.182. The minimum Gasteiger partial charge on any atom is -0.488 e. The molecule has 0 saturated heterocycles. The van der Waals surface area contributed by atoms with Crippen molar-refractivity contribution in [3.05, 3.63) is 92.3 Å². The van der Waals surface area contributed by atoms with E-state index in [2.05, 4.69) is 10.1 Å². The van der Waals surface area contributed by atoms with Crippen LogP contribution in [0.5, 0.6) is 5.75 Å². The molecule has 0 atom stereocenters. The van der Waals surface area contributed by atoms with E-state index >= 15 is 0 Å². The fourth-order valence-corrected chi connectivity index (χ4v) is 6.23. The first-order valence-electron chi connectivity index (χ1n) is 14.6. The molecule has 1 fully saturated rings. The Morgan fingerprint density at radius 2 is 1.67 bits per heavy atom. The van der Waals surface area contributed by atoms with Crippen LogP contribution in [0.3, 0.4) is 0 Å². The molecule has 13 heteroatoms. The van der Waals surface area contributed by atoms with E-state index in [0.29, 0.717) is 38.1 Å². The first-order chi connectivity index (χ1) is 21.7. The molecular weight excluding hydrogens is 727 g/mol. The highest BCUT2D eigenvalue weighted by Gasteiger charge is 2.42. The van der Waals surface area contributed by atoms with Crippen molar-refractivity contribution in [2.75, 3.05) is 6.61 Å². The number of pyridine rings is 1. The lowest BCUT2D eigenvalue weighted by Crippen LogP contribution is -2.27. The minimum atomic E-state index is -4.92. The summed E-state index contributed by atoms with van der Waals surface area (Å²) in [5.41, 5.74) is 1.59. The number of hydrogen-bond donors (Lipinski definition) is 0. The summed E-state index contributed by atoms with van der Waals surface area (Å²) < 4.78 is 93.8. The molecule has 4 aromatic rings. The number of carbonyl (C=O) groups excluding carboxylic acids is 1. The summed E-state index contributed by atoms with van der Waals surface area (Å²) in [4.78, 5) is 16.8. The van der Waals surface area contributed by atoms with Gasteiger partial charge in [0.1, 0.15) is 17.9 Å². The molecule has 1 aliphatic carbocycles. The van der Waals surface area contributed by atoms with Gasteiger partial charge in [0.25, 0.3) is 0 Å². The van der Waals surface area contributed by atoms with E-state index < -0.39 is 35.5 Å². The van der Waals surface area contributed by atoms with Gasteiger partial charge in [0.15, 0.2) is 11.5 Å². The Kier molecular flexibility index (Phi) is 9.99. The normalized spacial score (nSPS) is 17.2. The summed E-state index contributed by atoms with van der Waals surface area (Å²) in [6, 6.07) is 16.2. The summed E-state index contributed by atoms with van der Waals surface area (Å²) in [6.45, 7) is 3.44. The maximum Gasteiger partial charge on any atom is 0.434 e. The first kappa shape index (κ1) is 33.7. The monoisotopic (exact) mass is 757 g/mol. The Hall–Kier alpha value is -3.62. The third-order valence-electron chi connectivity index (χ3n) is 7.97. The number of nitrogens with zero attached hydrogens (tertiary/aromatic N) is 3. The van der Waals surface area contributed by atoms with Crippen LogP contribution in [-0.4, -0.2) is 33.5 Å². The highest BCUT2D eigenvalue weighted by atomic mass is 127. The van der Waals surface area contributed by atoms with Crippen molar-refractivity contribution < 1.29 is 40.6 Å². The number of halogens is 7. The van der Waals surface area contributed by atoms with Crippen molar-refractivity contribution in [3.63, 3.8) is 0 Å². The van der Waals surface area contributed by atoms with Crippen molar-refractivity contribution in [1.82, 2.24) is 14.8 Å². The molecule has 2 heterocycles. The highest BCUT2D eigenvalue weighted by Crippen LogP contribution is 2.43. The number of hydrogen-bond acceptors (Lipinski definition) is 5. The lowest BCUT2D eigenvalue weighted by Gasteiger charge is -2.30. The summed E-state index contributed by atoms with van der Waals surface area (Å²) in [6.07, 6.45) is -6.99. The molecule has 1 aliphatic rings. The molecule has 1 saturated carbocycles.